The van der Waals surface area contributed by atoms with Gasteiger partial charge in [-0.25, -0.2) is 0 Å². The number of hydrogen-bond donors (Lipinski definition) is 5. The number of rotatable bonds is 7. The van der Waals surface area contributed by atoms with E-state index in [1.165, 1.54) is 4.90 Å². The zero-order valence-electron chi connectivity index (χ0n) is 21.9. The molecule has 1 aromatic rings. The number of phenolic OH excluding ortho intramolecular Hbond substituents is 1. The summed E-state index contributed by atoms with van der Waals surface area (Å²) in [6.45, 7) is -0.502. The first-order chi connectivity index (χ1) is 17.8. The van der Waals surface area contributed by atoms with E-state index >= 15 is 0 Å². The number of alkyl halides is 1. The number of aromatic hydroxyl groups is 1. The van der Waals surface area contributed by atoms with Gasteiger partial charge in [-0.2, -0.15) is 0 Å². The summed E-state index contributed by atoms with van der Waals surface area (Å²) in [4.78, 5) is 42.5. The van der Waals surface area contributed by atoms with E-state index < -0.39 is 64.7 Å². The van der Waals surface area contributed by atoms with Crippen LogP contribution in [0.15, 0.2) is 23.0 Å². The van der Waals surface area contributed by atoms with E-state index in [4.69, 9.17) is 5.73 Å². The predicted molar refractivity (Wildman–Crippen MR) is 137 cm³/mol. The zero-order chi connectivity index (χ0) is 28.3. The van der Waals surface area contributed by atoms with Crippen LogP contribution in [0, 0.1) is 11.8 Å². The summed E-state index contributed by atoms with van der Waals surface area (Å²) >= 11 is 0. The molecule has 0 aliphatic heterocycles. The number of anilines is 1. The van der Waals surface area contributed by atoms with E-state index in [1.54, 1.807) is 34.3 Å². The highest BCUT2D eigenvalue weighted by atomic mass is 19.1. The Bertz CT molecular complexity index is 1290. The van der Waals surface area contributed by atoms with E-state index in [0.717, 1.165) is 0 Å². The monoisotopic (exact) mass is 531 g/mol. The number of aryl methyl sites for hydroxylation is 1. The van der Waals surface area contributed by atoms with E-state index in [0.29, 0.717) is 36.1 Å². The van der Waals surface area contributed by atoms with Crippen molar-refractivity contribution in [1.29, 1.82) is 0 Å². The molecule has 0 unspecified atom stereocenters. The van der Waals surface area contributed by atoms with Crippen molar-refractivity contribution in [2.24, 2.45) is 17.6 Å². The van der Waals surface area contributed by atoms with Crippen molar-refractivity contribution in [3.05, 3.63) is 39.7 Å². The maximum Gasteiger partial charge on any atom is 0.255 e. The van der Waals surface area contributed by atoms with Crippen LogP contribution in [-0.4, -0.2) is 89.3 Å². The number of nitrogens with zero attached hydrogens (tertiary/aromatic N) is 2. The molecule has 0 aromatic heterocycles. The number of phenols is 1. The number of carbonyl (C=O) groups excluding carboxylic acids is 3. The maximum atomic E-state index is 13.9. The highest BCUT2D eigenvalue weighted by Crippen LogP contribution is 2.54. The number of ketones is 2. The Kier molecular flexibility index (Phi) is 7.04. The van der Waals surface area contributed by atoms with Gasteiger partial charge in [0, 0.05) is 31.3 Å². The first-order valence-electron chi connectivity index (χ1n) is 12.5. The minimum atomic E-state index is -2.68. The van der Waals surface area contributed by atoms with Gasteiger partial charge in [0.2, 0.25) is 5.78 Å². The van der Waals surface area contributed by atoms with Gasteiger partial charge in [-0.1, -0.05) is 0 Å². The fraction of sp³-hybridized carbons (Fsp3) is 0.519. The Hall–Kier alpha value is -3.44. The van der Waals surface area contributed by atoms with Gasteiger partial charge >= 0.3 is 0 Å². The SMILES string of the molecule is CN(C)c1cc(CCCCF)c(O)c2c1C[C@H]1C[C@H]3[C@H](N(C)C)C(=O)C(C(N)=O)=C(O)[C@@]3(O)C(=O)C1=C2O. The van der Waals surface area contributed by atoms with Crippen molar-refractivity contribution < 1.29 is 39.2 Å². The van der Waals surface area contributed by atoms with Gasteiger partial charge in [-0.05, 0) is 69.3 Å². The Labute approximate surface area is 219 Å². The fourth-order valence-electron chi connectivity index (χ4n) is 6.35. The number of Topliss-reactive ketones (excluding diaryl/α,β-unsaturated/α-hetero) is 2. The average molecular weight is 532 g/mol. The number of benzene rings is 1. The lowest BCUT2D eigenvalue weighted by atomic mass is 9.57. The van der Waals surface area contributed by atoms with E-state index in [1.807, 2.05) is 4.90 Å². The van der Waals surface area contributed by atoms with Crippen LogP contribution >= 0.6 is 0 Å². The van der Waals surface area contributed by atoms with Crippen molar-refractivity contribution in [2.45, 2.75) is 43.7 Å². The van der Waals surface area contributed by atoms with Gasteiger partial charge in [0.25, 0.3) is 5.91 Å². The molecule has 11 heteroatoms. The zero-order valence-corrected chi connectivity index (χ0v) is 21.9. The summed E-state index contributed by atoms with van der Waals surface area (Å²) in [5.74, 6) is -6.78. The van der Waals surface area contributed by atoms with Crippen LogP contribution in [-0.2, 0) is 27.2 Å². The number of unbranched alkanes of at least 4 members (excludes halogenated alkanes) is 1. The number of fused-ring (bicyclic) bond motifs is 3. The summed E-state index contributed by atoms with van der Waals surface area (Å²) in [5.41, 5.74) is 3.44. The lowest BCUT2D eigenvalue weighted by Gasteiger charge is -2.50. The third kappa shape index (κ3) is 3.87. The molecule has 10 nitrogen and oxygen atoms in total. The third-order valence-corrected chi connectivity index (χ3v) is 8.09. The first kappa shape index (κ1) is 27.6. The molecule has 1 fully saturated rings. The molecule has 0 spiro atoms. The second-order valence-electron chi connectivity index (χ2n) is 10.8. The molecule has 206 valence electrons. The molecule has 0 saturated heterocycles. The number of hydrogen-bond acceptors (Lipinski definition) is 9. The van der Waals surface area contributed by atoms with Gasteiger partial charge in [0.1, 0.15) is 22.8 Å². The third-order valence-electron chi connectivity index (χ3n) is 8.09. The van der Waals surface area contributed by atoms with Gasteiger partial charge in [-0.3, -0.25) is 23.7 Å². The van der Waals surface area contributed by atoms with Crippen molar-refractivity contribution in [1.82, 2.24) is 4.90 Å². The van der Waals surface area contributed by atoms with Gasteiger partial charge in [0.15, 0.2) is 11.4 Å². The molecular formula is C27H34FN3O7. The van der Waals surface area contributed by atoms with Crippen LogP contribution in [0.3, 0.4) is 0 Å². The highest BCUT2D eigenvalue weighted by molar-refractivity contribution is 6.24. The summed E-state index contributed by atoms with van der Waals surface area (Å²) in [6, 6.07) is 0.651. The Morgan fingerprint density at radius 1 is 1.16 bits per heavy atom. The Morgan fingerprint density at radius 3 is 2.37 bits per heavy atom. The van der Waals surface area contributed by atoms with Gasteiger partial charge in [0.05, 0.1) is 18.3 Å². The highest BCUT2D eigenvalue weighted by Gasteiger charge is 2.64. The Balaban J connectivity index is 1.95. The van der Waals surface area contributed by atoms with Crippen LogP contribution in [0.25, 0.3) is 5.76 Å². The first-order valence-corrected chi connectivity index (χ1v) is 12.5. The van der Waals surface area contributed by atoms with Crippen LogP contribution in [0.5, 0.6) is 5.75 Å². The van der Waals surface area contributed by atoms with Gasteiger partial charge < -0.3 is 31.1 Å². The summed E-state index contributed by atoms with van der Waals surface area (Å²) in [7, 11) is 6.71. The summed E-state index contributed by atoms with van der Waals surface area (Å²) in [5, 5.41) is 45.2. The topological polar surface area (TPSA) is 165 Å². The second kappa shape index (κ2) is 9.70. The summed E-state index contributed by atoms with van der Waals surface area (Å²) < 4.78 is 12.7. The number of amides is 1. The molecule has 1 saturated carbocycles. The molecule has 3 aliphatic rings. The minimum Gasteiger partial charge on any atom is -0.508 e. The van der Waals surface area contributed by atoms with Crippen molar-refractivity contribution >= 4 is 28.9 Å². The van der Waals surface area contributed by atoms with Crippen LogP contribution in [0.4, 0.5) is 10.1 Å². The predicted octanol–water partition coefficient (Wildman–Crippen LogP) is 1.32. The molecular weight excluding hydrogens is 497 g/mol. The van der Waals surface area contributed by atoms with E-state index in [2.05, 4.69) is 0 Å². The lowest BCUT2D eigenvalue weighted by Crippen LogP contribution is -2.65. The molecule has 0 bridgehead atoms. The van der Waals surface area contributed by atoms with Crippen molar-refractivity contribution in [3.8, 4) is 5.75 Å². The number of carbonyl (C=O) groups is 3. The van der Waals surface area contributed by atoms with E-state index in [-0.39, 0.29) is 29.7 Å². The lowest BCUT2D eigenvalue weighted by molar-refractivity contribution is -0.153. The van der Waals surface area contributed by atoms with Gasteiger partial charge in [-0.15, -0.1) is 0 Å². The molecule has 38 heavy (non-hydrogen) atoms. The number of nitrogens with two attached hydrogens (primary N) is 1. The molecule has 4 atom stereocenters. The molecule has 6 N–H and O–H groups in total. The van der Waals surface area contributed by atoms with Crippen LogP contribution in [0.1, 0.15) is 36.0 Å². The fourth-order valence-corrected chi connectivity index (χ4v) is 6.35. The normalized spacial score (nSPS) is 26.9. The molecule has 1 amide bonds. The molecule has 4 rings (SSSR count). The standard InChI is InChI=1S/C27H34FN3O7/c1-30(2)16-11-12(7-5-6-8-28)21(32)18-14(16)9-13-10-15-20(31(3)4)23(34)19(26(29)37)25(36)27(15,38)24(35)17(13)22(18)33/h11,13,15,20,32-33,36,38H,5-10H2,1-4H3,(H2,29,37)/t13-,15-,20-,27-/m0/s1. The second-order valence-corrected chi connectivity index (χ2v) is 10.8. The number of primary amides is 1. The smallest absolute Gasteiger partial charge is 0.255 e. The quantitative estimate of drug-likeness (QED) is 0.258. The van der Waals surface area contributed by atoms with Crippen LogP contribution < -0.4 is 10.6 Å². The van der Waals surface area contributed by atoms with E-state index in [9.17, 15) is 39.2 Å². The Morgan fingerprint density at radius 2 is 1.82 bits per heavy atom. The van der Waals surface area contributed by atoms with Crippen molar-refractivity contribution in [2.75, 3.05) is 39.8 Å². The summed E-state index contributed by atoms with van der Waals surface area (Å²) in [6.07, 6.45) is 1.34. The maximum absolute atomic E-state index is 13.9. The minimum absolute atomic E-state index is 0.0254. The average Bonchev–Trinajstić information content (AvgIpc) is 2.82. The molecule has 0 heterocycles. The number of halogens is 1. The molecule has 0 radical (unpaired) electrons. The van der Waals surface area contributed by atoms with Crippen molar-refractivity contribution in [3.63, 3.8) is 0 Å². The number of aliphatic hydroxyl groups is 3. The van der Waals surface area contributed by atoms with Crippen LogP contribution in [0.2, 0.25) is 0 Å². The molecule has 3 aliphatic carbocycles. The largest absolute Gasteiger partial charge is 0.508 e. The number of likely N-dealkylation sites (N-methyl/N-ethyl adjacent to an activating group) is 1. The molecule has 1 aromatic carbocycles. The number of aliphatic hydroxyl groups excluding tert-OH is 2.